The molecule has 1 rings (SSSR count). The first-order valence-electron chi connectivity index (χ1n) is 4.09. The summed E-state index contributed by atoms with van der Waals surface area (Å²) in [5.41, 5.74) is -2.20. The molecular formula is C8H5F3N2O4. The zero-order valence-electron chi connectivity index (χ0n) is 8.32. The smallest absolute Gasteiger partial charge is 0.381 e. The fraction of sp³-hybridized carbons (Fsp3) is 0.250. The molecule has 0 N–H and O–H groups in total. The molecule has 0 radical (unpaired) electrons. The molecule has 17 heavy (non-hydrogen) atoms. The fourth-order valence-electron chi connectivity index (χ4n) is 1.05. The van der Waals surface area contributed by atoms with Crippen molar-refractivity contribution in [2.24, 2.45) is 0 Å². The molecule has 0 bridgehead atoms. The van der Waals surface area contributed by atoms with E-state index in [0.29, 0.717) is 0 Å². The number of ether oxygens (including phenoxy) is 1. The number of carbonyl (C=O) groups is 1. The van der Waals surface area contributed by atoms with E-state index in [1.165, 1.54) is 0 Å². The van der Waals surface area contributed by atoms with Crippen molar-refractivity contribution in [3.8, 4) is 0 Å². The highest BCUT2D eigenvalue weighted by Crippen LogP contribution is 2.25. The Kier molecular flexibility index (Phi) is 3.61. The van der Waals surface area contributed by atoms with E-state index in [1.807, 2.05) is 0 Å². The van der Waals surface area contributed by atoms with Gasteiger partial charge in [-0.15, -0.1) is 0 Å². The number of pyridine rings is 1. The number of halogens is 3. The number of rotatable bonds is 3. The summed E-state index contributed by atoms with van der Waals surface area (Å²) in [6.45, 7) is 0. The Morgan fingerprint density at radius 3 is 2.59 bits per heavy atom. The van der Waals surface area contributed by atoms with Gasteiger partial charge in [0.2, 0.25) is 5.69 Å². The highest BCUT2D eigenvalue weighted by molar-refractivity contribution is 5.93. The van der Waals surface area contributed by atoms with Crippen molar-refractivity contribution in [1.29, 1.82) is 0 Å². The number of nitro groups is 1. The molecule has 0 aliphatic rings. The van der Waals surface area contributed by atoms with Crippen LogP contribution in [0.25, 0.3) is 0 Å². The van der Waals surface area contributed by atoms with Crippen LogP contribution in [0.5, 0.6) is 0 Å². The number of esters is 1. The third-order valence-electron chi connectivity index (χ3n) is 1.76. The summed E-state index contributed by atoms with van der Waals surface area (Å²) in [7, 11) is 0.868. The van der Waals surface area contributed by atoms with Crippen LogP contribution in [0.15, 0.2) is 6.07 Å². The van der Waals surface area contributed by atoms with Crippen molar-refractivity contribution in [1.82, 2.24) is 4.98 Å². The van der Waals surface area contributed by atoms with E-state index in [9.17, 15) is 28.1 Å². The zero-order valence-corrected chi connectivity index (χ0v) is 8.32. The van der Waals surface area contributed by atoms with Crippen LogP contribution in [0.1, 0.15) is 22.5 Å². The molecule has 0 saturated heterocycles. The minimum atomic E-state index is -3.19. The van der Waals surface area contributed by atoms with Gasteiger partial charge in [-0.05, 0) is 9.91 Å². The summed E-state index contributed by atoms with van der Waals surface area (Å²) >= 11 is 0. The monoisotopic (exact) mass is 250 g/mol. The minimum absolute atomic E-state index is 0.254. The molecule has 0 fully saturated rings. The van der Waals surface area contributed by atoms with Crippen LogP contribution in [0, 0.1) is 15.9 Å². The Morgan fingerprint density at radius 1 is 1.59 bits per heavy atom. The summed E-state index contributed by atoms with van der Waals surface area (Å²) in [5.74, 6) is -4.14. The summed E-state index contributed by atoms with van der Waals surface area (Å²) in [6, 6.07) is 0.254. The highest BCUT2D eigenvalue weighted by Gasteiger charge is 2.31. The van der Waals surface area contributed by atoms with Gasteiger partial charge in [-0.25, -0.2) is 18.0 Å². The first-order valence-corrected chi connectivity index (χ1v) is 4.09. The molecule has 0 unspecified atom stereocenters. The van der Waals surface area contributed by atoms with E-state index in [0.717, 1.165) is 7.11 Å². The van der Waals surface area contributed by atoms with Gasteiger partial charge in [-0.3, -0.25) is 0 Å². The average molecular weight is 250 g/mol. The zero-order chi connectivity index (χ0) is 13.2. The van der Waals surface area contributed by atoms with Gasteiger partial charge in [0.05, 0.1) is 7.11 Å². The lowest BCUT2D eigenvalue weighted by Gasteiger charge is -2.03. The standard InChI is InChI=1S/C8H5F3N2O4/c1-17-8(14)5-3(9)2-4(6(10)11)12-7(5)13(15)16/h2,6H,1H3. The van der Waals surface area contributed by atoms with Crippen molar-refractivity contribution in [2.75, 3.05) is 7.11 Å². The molecule has 0 aromatic carbocycles. The third kappa shape index (κ3) is 2.49. The van der Waals surface area contributed by atoms with Gasteiger partial charge < -0.3 is 14.9 Å². The second-order valence-electron chi connectivity index (χ2n) is 2.78. The minimum Gasteiger partial charge on any atom is -0.465 e. The van der Waals surface area contributed by atoms with E-state index in [4.69, 9.17) is 0 Å². The number of carbonyl (C=O) groups excluding carboxylic acids is 1. The molecule has 1 heterocycles. The normalized spacial score (nSPS) is 10.4. The highest BCUT2D eigenvalue weighted by atomic mass is 19.3. The van der Waals surface area contributed by atoms with Gasteiger partial charge in [-0.1, -0.05) is 0 Å². The van der Waals surface area contributed by atoms with Crippen molar-refractivity contribution in [2.45, 2.75) is 6.43 Å². The molecular weight excluding hydrogens is 245 g/mol. The third-order valence-corrected chi connectivity index (χ3v) is 1.76. The molecule has 0 saturated carbocycles. The second-order valence-corrected chi connectivity index (χ2v) is 2.78. The number of hydrogen-bond donors (Lipinski definition) is 0. The Bertz CT molecular complexity index is 478. The number of alkyl halides is 2. The van der Waals surface area contributed by atoms with Gasteiger partial charge in [0, 0.05) is 6.07 Å². The van der Waals surface area contributed by atoms with Crippen LogP contribution < -0.4 is 0 Å². The molecule has 0 aliphatic heterocycles. The van der Waals surface area contributed by atoms with Crippen molar-refractivity contribution in [3.63, 3.8) is 0 Å². The Labute approximate surface area is 92.2 Å². The largest absolute Gasteiger partial charge is 0.465 e. The van der Waals surface area contributed by atoms with Crippen LogP contribution >= 0.6 is 0 Å². The Morgan fingerprint density at radius 2 is 2.18 bits per heavy atom. The number of methoxy groups -OCH3 is 1. The lowest BCUT2D eigenvalue weighted by atomic mass is 10.2. The van der Waals surface area contributed by atoms with Crippen molar-refractivity contribution in [3.05, 3.63) is 33.3 Å². The lowest BCUT2D eigenvalue weighted by molar-refractivity contribution is -0.390. The van der Waals surface area contributed by atoms with Gasteiger partial charge in [-0.2, -0.15) is 0 Å². The molecule has 0 atom stereocenters. The van der Waals surface area contributed by atoms with E-state index in [1.54, 1.807) is 0 Å². The van der Waals surface area contributed by atoms with Crippen molar-refractivity contribution >= 4 is 11.8 Å². The maximum absolute atomic E-state index is 13.3. The molecule has 0 aliphatic carbocycles. The molecule has 0 amide bonds. The summed E-state index contributed by atoms with van der Waals surface area (Å²) < 4.78 is 41.9. The number of aromatic nitrogens is 1. The molecule has 1 aromatic rings. The van der Waals surface area contributed by atoms with E-state index in [2.05, 4.69) is 9.72 Å². The predicted octanol–water partition coefficient (Wildman–Crippen LogP) is 1.85. The van der Waals surface area contributed by atoms with Gasteiger partial charge >= 0.3 is 18.2 Å². The van der Waals surface area contributed by atoms with E-state index in [-0.39, 0.29) is 6.07 Å². The van der Waals surface area contributed by atoms with Crippen LogP contribution in [-0.4, -0.2) is 23.0 Å². The van der Waals surface area contributed by atoms with Crippen LogP contribution in [0.4, 0.5) is 19.0 Å². The fourth-order valence-corrected chi connectivity index (χ4v) is 1.05. The van der Waals surface area contributed by atoms with Crippen LogP contribution in [0.2, 0.25) is 0 Å². The first-order chi connectivity index (χ1) is 7.88. The number of hydrogen-bond acceptors (Lipinski definition) is 5. The maximum atomic E-state index is 13.3. The van der Waals surface area contributed by atoms with Gasteiger partial charge in [0.15, 0.2) is 11.4 Å². The van der Waals surface area contributed by atoms with Gasteiger partial charge in [0.25, 0.3) is 0 Å². The molecule has 1 aromatic heterocycles. The van der Waals surface area contributed by atoms with E-state index < -0.39 is 40.2 Å². The second kappa shape index (κ2) is 4.76. The molecule has 9 heteroatoms. The molecule has 6 nitrogen and oxygen atoms in total. The van der Waals surface area contributed by atoms with Gasteiger partial charge in [0.1, 0.15) is 0 Å². The average Bonchev–Trinajstić information content (AvgIpc) is 2.26. The lowest BCUT2D eigenvalue weighted by Crippen LogP contribution is -2.12. The SMILES string of the molecule is COC(=O)c1c(F)cc(C(F)F)nc1[N+](=O)[O-]. The van der Waals surface area contributed by atoms with Crippen LogP contribution in [0.3, 0.4) is 0 Å². The summed E-state index contributed by atoms with van der Waals surface area (Å²) in [4.78, 5) is 23.2. The maximum Gasteiger partial charge on any atom is 0.381 e. The van der Waals surface area contributed by atoms with Crippen LogP contribution in [-0.2, 0) is 4.74 Å². The Hall–Kier alpha value is -2.19. The van der Waals surface area contributed by atoms with Crippen molar-refractivity contribution < 1.29 is 27.6 Å². The first kappa shape index (κ1) is 12.9. The quantitative estimate of drug-likeness (QED) is 0.464. The predicted molar refractivity (Wildman–Crippen MR) is 47.1 cm³/mol. The number of nitrogens with zero attached hydrogens (tertiary/aromatic N) is 2. The molecule has 92 valence electrons. The Balaban J connectivity index is 3.49. The summed E-state index contributed by atoms with van der Waals surface area (Å²) in [5, 5.41) is 10.5. The van der Waals surface area contributed by atoms with E-state index >= 15 is 0 Å². The summed E-state index contributed by atoms with van der Waals surface area (Å²) in [6.07, 6.45) is -3.19. The molecule has 0 spiro atoms. The topological polar surface area (TPSA) is 82.3 Å².